The molecule has 1 aliphatic rings. The first kappa shape index (κ1) is 17.4. The van der Waals surface area contributed by atoms with Crippen LogP contribution < -0.4 is 15.4 Å². The molecule has 1 aromatic rings. The second-order valence-electron chi connectivity index (χ2n) is 5.68. The fourth-order valence-electron chi connectivity index (χ4n) is 2.56. The highest BCUT2D eigenvalue weighted by atomic mass is 16.5. The Bertz CT molecular complexity index is 560. The van der Waals surface area contributed by atoms with Gasteiger partial charge in [-0.3, -0.25) is 9.59 Å². The number of aldehydes is 1. The maximum absolute atomic E-state index is 12.2. The predicted molar refractivity (Wildman–Crippen MR) is 87.1 cm³/mol. The van der Waals surface area contributed by atoms with Gasteiger partial charge in [0.15, 0.2) is 0 Å². The van der Waals surface area contributed by atoms with E-state index in [1.54, 1.807) is 12.1 Å². The van der Waals surface area contributed by atoms with Gasteiger partial charge in [-0.25, -0.2) is 0 Å². The number of aliphatic hydroxyl groups excluding tert-OH is 1. The molecule has 0 aromatic heterocycles. The first-order valence-electron chi connectivity index (χ1n) is 8.07. The summed E-state index contributed by atoms with van der Waals surface area (Å²) in [6, 6.07) is 3.25. The van der Waals surface area contributed by atoms with E-state index in [4.69, 9.17) is 4.74 Å². The second kappa shape index (κ2) is 8.64. The van der Waals surface area contributed by atoms with Gasteiger partial charge in [0, 0.05) is 29.8 Å². The van der Waals surface area contributed by atoms with Crippen LogP contribution in [0.4, 0.5) is 0 Å². The highest BCUT2D eigenvalue weighted by molar-refractivity contribution is 5.97. The van der Waals surface area contributed by atoms with Crippen molar-refractivity contribution in [2.75, 3.05) is 26.2 Å². The summed E-state index contributed by atoms with van der Waals surface area (Å²) in [7, 11) is 0. The lowest BCUT2D eigenvalue weighted by Crippen LogP contribution is -2.38. The Morgan fingerprint density at radius 3 is 3.00 bits per heavy atom. The topological polar surface area (TPSA) is 87.7 Å². The van der Waals surface area contributed by atoms with Crippen molar-refractivity contribution in [1.82, 2.24) is 10.6 Å². The Morgan fingerprint density at radius 2 is 2.26 bits per heavy atom. The van der Waals surface area contributed by atoms with Crippen LogP contribution in [0, 0.1) is 0 Å². The van der Waals surface area contributed by atoms with Gasteiger partial charge in [0.1, 0.15) is 12.0 Å². The molecule has 1 atom stereocenters. The lowest BCUT2D eigenvalue weighted by molar-refractivity contribution is 0.0915. The lowest BCUT2D eigenvalue weighted by atomic mass is 9.97. The van der Waals surface area contributed by atoms with E-state index >= 15 is 0 Å². The summed E-state index contributed by atoms with van der Waals surface area (Å²) in [5, 5.41) is 15.6. The number of rotatable bonds is 8. The molecule has 126 valence electrons. The number of hydrogen-bond donors (Lipinski definition) is 3. The lowest BCUT2D eigenvalue weighted by Gasteiger charge is -2.20. The molecule has 0 bridgehead atoms. The highest BCUT2D eigenvalue weighted by Gasteiger charge is 2.18. The molecule has 3 N–H and O–H groups in total. The van der Waals surface area contributed by atoms with Gasteiger partial charge < -0.3 is 20.5 Å². The van der Waals surface area contributed by atoms with E-state index < -0.39 is 6.10 Å². The molecule has 1 aliphatic heterocycles. The van der Waals surface area contributed by atoms with Crippen molar-refractivity contribution in [3.8, 4) is 5.75 Å². The molecular formula is C17H24N2O4. The van der Waals surface area contributed by atoms with E-state index in [0.717, 1.165) is 37.7 Å². The van der Waals surface area contributed by atoms with Crippen LogP contribution in [0.2, 0.25) is 0 Å². The average molecular weight is 320 g/mol. The zero-order chi connectivity index (χ0) is 16.7. The summed E-state index contributed by atoms with van der Waals surface area (Å²) in [6.45, 7) is 4.06. The average Bonchev–Trinajstić information content (AvgIpc) is 2.58. The fraction of sp³-hybridized carbons (Fsp3) is 0.529. The molecule has 0 spiro atoms. The fourth-order valence-corrected chi connectivity index (χ4v) is 2.56. The van der Waals surface area contributed by atoms with E-state index in [0.29, 0.717) is 30.0 Å². The highest BCUT2D eigenvalue weighted by Crippen LogP contribution is 2.28. The zero-order valence-corrected chi connectivity index (χ0v) is 13.4. The third kappa shape index (κ3) is 4.77. The molecule has 0 saturated carbocycles. The summed E-state index contributed by atoms with van der Waals surface area (Å²) in [4.78, 5) is 23.4. The van der Waals surface area contributed by atoms with Gasteiger partial charge in [-0.1, -0.05) is 6.92 Å². The number of fused-ring (bicyclic) bond motifs is 1. The van der Waals surface area contributed by atoms with E-state index in [1.807, 2.05) is 6.92 Å². The number of ether oxygens (including phenoxy) is 1. The van der Waals surface area contributed by atoms with Crippen LogP contribution in [0.1, 0.15) is 46.0 Å². The number of nitrogens with one attached hydrogen (secondary N) is 2. The minimum absolute atomic E-state index is 0.157. The Morgan fingerprint density at radius 1 is 1.43 bits per heavy atom. The smallest absolute Gasteiger partial charge is 0.251 e. The van der Waals surface area contributed by atoms with Crippen molar-refractivity contribution in [3.63, 3.8) is 0 Å². The van der Waals surface area contributed by atoms with Crippen LogP contribution >= 0.6 is 0 Å². The Hall–Kier alpha value is -1.92. The number of benzene rings is 1. The standard InChI is InChI=1S/C17H24N2O4/c1-2-5-18-9-14(21)10-19-17(22)12-7-13(11-20)15-4-3-6-23-16(15)8-12/h7-8,11,14,18,21H,2-6,9-10H2,1H3,(H,19,22)/t14-/m1/s1. The van der Waals surface area contributed by atoms with Crippen LogP contribution in [0.5, 0.6) is 5.75 Å². The van der Waals surface area contributed by atoms with E-state index in [9.17, 15) is 14.7 Å². The molecule has 2 rings (SSSR count). The van der Waals surface area contributed by atoms with Crippen LogP contribution in [-0.2, 0) is 6.42 Å². The third-order valence-electron chi connectivity index (χ3n) is 3.77. The second-order valence-corrected chi connectivity index (χ2v) is 5.68. The largest absolute Gasteiger partial charge is 0.493 e. The van der Waals surface area contributed by atoms with Gasteiger partial charge in [0.05, 0.1) is 12.7 Å². The molecule has 1 aromatic carbocycles. The van der Waals surface area contributed by atoms with Gasteiger partial charge in [0.2, 0.25) is 0 Å². The van der Waals surface area contributed by atoms with Crippen LogP contribution in [0.25, 0.3) is 0 Å². The van der Waals surface area contributed by atoms with Crippen molar-refractivity contribution in [2.45, 2.75) is 32.3 Å². The summed E-state index contributed by atoms with van der Waals surface area (Å²) in [5.41, 5.74) is 1.74. The molecule has 0 fully saturated rings. The molecule has 0 aliphatic carbocycles. The van der Waals surface area contributed by atoms with Gasteiger partial charge in [0.25, 0.3) is 5.91 Å². The van der Waals surface area contributed by atoms with Gasteiger partial charge >= 0.3 is 0 Å². The van der Waals surface area contributed by atoms with Crippen molar-refractivity contribution >= 4 is 12.2 Å². The molecular weight excluding hydrogens is 296 g/mol. The molecule has 6 heteroatoms. The van der Waals surface area contributed by atoms with Crippen molar-refractivity contribution in [2.24, 2.45) is 0 Å². The number of carbonyl (C=O) groups is 2. The molecule has 1 heterocycles. The van der Waals surface area contributed by atoms with E-state index in [2.05, 4.69) is 10.6 Å². The molecule has 0 unspecified atom stereocenters. The molecule has 23 heavy (non-hydrogen) atoms. The van der Waals surface area contributed by atoms with Gasteiger partial charge in [-0.2, -0.15) is 0 Å². The van der Waals surface area contributed by atoms with Crippen LogP contribution in [0.15, 0.2) is 12.1 Å². The van der Waals surface area contributed by atoms with Crippen molar-refractivity contribution in [1.29, 1.82) is 0 Å². The SMILES string of the molecule is CCCNC[C@@H](O)CNC(=O)c1cc(C=O)c2c(c1)OCCC2. The Kier molecular flexibility index (Phi) is 6.55. The Labute approximate surface area is 136 Å². The van der Waals surface area contributed by atoms with Gasteiger partial charge in [-0.05, 0) is 37.9 Å². The first-order chi connectivity index (χ1) is 11.2. The van der Waals surface area contributed by atoms with Crippen LogP contribution in [-0.4, -0.2) is 49.6 Å². The number of carbonyl (C=O) groups excluding carboxylic acids is 2. The van der Waals surface area contributed by atoms with Crippen molar-refractivity contribution in [3.05, 3.63) is 28.8 Å². The number of aliphatic hydroxyl groups is 1. The monoisotopic (exact) mass is 320 g/mol. The molecule has 6 nitrogen and oxygen atoms in total. The third-order valence-corrected chi connectivity index (χ3v) is 3.77. The van der Waals surface area contributed by atoms with Crippen LogP contribution in [0.3, 0.4) is 0 Å². The van der Waals surface area contributed by atoms with Gasteiger partial charge in [-0.15, -0.1) is 0 Å². The molecule has 0 radical (unpaired) electrons. The number of hydrogen-bond acceptors (Lipinski definition) is 5. The number of amides is 1. The maximum Gasteiger partial charge on any atom is 0.251 e. The first-order valence-corrected chi connectivity index (χ1v) is 8.07. The maximum atomic E-state index is 12.2. The summed E-state index contributed by atoms with van der Waals surface area (Å²) < 4.78 is 5.55. The quantitative estimate of drug-likeness (QED) is 0.490. The van der Waals surface area contributed by atoms with Crippen molar-refractivity contribution < 1.29 is 19.4 Å². The minimum atomic E-state index is -0.648. The van der Waals surface area contributed by atoms with E-state index in [-0.39, 0.29) is 12.5 Å². The predicted octanol–water partition coefficient (Wildman–Crippen LogP) is 0.914. The molecule has 0 saturated heterocycles. The summed E-state index contributed by atoms with van der Waals surface area (Å²) in [6.07, 6.45) is 2.75. The van der Waals surface area contributed by atoms with E-state index in [1.165, 1.54) is 0 Å². The summed E-state index contributed by atoms with van der Waals surface area (Å²) >= 11 is 0. The summed E-state index contributed by atoms with van der Waals surface area (Å²) in [5.74, 6) is 0.288. The normalized spacial score (nSPS) is 14.5. The Balaban J connectivity index is 1.98. The zero-order valence-electron chi connectivity index (χ0n) is 13.4. The molecule has 1 amide bonds. The minimum Gasteiger partial charge on any atom is -0.493 e.